The van der Waals surface area contributed by atoms with E-state index in [4.69, 9.17) is 27.7 Å². The molecule has 0 unspecified atom stereocenters. The molecule has 0 atom stereocenters. The number of aryl methyl sites for hydroxylation is 2. The zero-order valence-corrected chi connectivity index (χ0v) is 19.0. The number of hydrogen-bond acceptors (Lipinski definition) is 7. The predicted molar refractivity (Wildman–Crippen MR) is 120 cm³/mol. The van der Waals surface area contributed by atoms with Crippen LogP contribution in [0, 0.1) is 24.0 Å². The Kier molecular flexibility index (Phi) is 6.16. The van der Waals surface area contributed by atoms with Crippen molar-refractivity contribution in [2.24, 2.45) is 0 Å². The minimum absolute atomic E-state index is 0.0577. The van der Waals surface area contributed by atoms with Gasteiger partial charge in [-0.25, -0.2) is 0 Å². The molecule has 4 rings (SSSR count). The van der Waals surface area contributed by atoms with Crippen molar-refractivity contribution in [3.8, 4) is 0 Å². The third kappa shape index (κ3) is 4.89. The van der Waals surface area contributed by atoms with Crippen molar-refractivity contribution < 1.29 is 14.2 Å². The molecular weight excluding hydrogens is 473 g/mol. The third-order valence-corrected chi connectivity index (χ3v) is 5.62. The van der Waals surface area contributed by atoms with Crippen LogP contribution < -0.4 is 5.32 Å². The molecule has 1 N–H and O–H groups in total. The smallest absolute Gasteiger partial charge is 0.361 e. The molecular formula is C20H17Cl2N7O4. The van der Waals surface area contributed by atoms with E-state index < -0.39 is 10.8 Å². The Morgan fingerprint density at radius 2 is 2.00 bits per heavy atom. The van der Waals surface area contributed by atoms with Gasteiger partial charge >= 0.3 is 5.82 Å². The maximum Gasteiger partial charge on any atom is 0.390 e. The highest BCUT2D eigenvalue weighted by Crippen LogP contribution is 2.23. The van der Waals surface area contributed by atoms with Gasteiger partial charge in [-0.1, -0.05) is 34.4 Å². The Bertz CT molecular complexity index is 1360. The Morgan fingerprint density at radius 1 is 1.21 bits per heavy atom. The summed E-state index contributed by atoms with van der Waals surface area (Å²) in [4.78, 5) is 23.2. The average molecular weight is 490 g/mol. The Balaban J connectivity index is 1.48. The van der Waals surface area contributed by atoms with E-state index in [2.05, 4.69) is 20.7 Å². The first kappa shape index (κ1) is 22.5. The standard InChI is InChI=1S/C20H17Cl2N7O4/c1-11-5-18(29(31)32)25-28(11)10-15-12(2)33-26-19(15)20(30)24-14-7-23-27(9-14)8-13-3-4-16(21)17(22)6-13/h3-7,9H,8,10H2,1-2H3,(H,24,30). The van der Waals surface area contributed by atoms with Gasteiger partial charge in [0.2, 0.25) is 0 Å². The van der Waals surface area contributed by atoms with Crippen molar-refractivity contribution in [2.45, 2.75) is 26.9 Å². The first-order valence-corrected chi connectivity index (χ1v) is 10.4. The van der Waals surface area contributed by atoms with Crippen molar-refractivity contribution >= 4 is 40.6 Å². The molecule has 33 heavy (non-hydrogen) atoms. The van der Waals surface area contributed by atoms with Crippen LogP contribution in [0.4, 0.5) is 11.5 Å². The number of rotatable bonds is 7. The molecule has 11 nitrogen and oxygen atoms in total. The van der Waals surface area contributed by atoms with Crippen LogP contribution in [0.2, 0.25) is 10.0 Å². The number of anilines is 1. The molecule has 1 amide bonds. The largest absolute Gasteiger partial charge is 0.390 e. The summed E-state index contributed by atoms with van der Waals surface area (Å²) in [5.74, 6) is -0.370. The van der Waals surface area contributed by atoms with E-state index in [9.17, 15) is 14.9 Å². The second-order valence-corrected chi connectivity index (χ2v) is 8.07. The zero-order chi connectivity index (χ0) is 23.7. The Morgan fingerprint density at radius 3 is 2.70 bits per heavy atom. The first-order valence-electron chi connectivity index (χ1n) is 9.63. The fourth-order valence-corrected chi connectivity index (χ4v) is 3.50. The summed E-state index contributed by atoms with van der Waals surface area (Å²) in [5, 5.41) is 26.7. The number of aromatic nitrogens is 5. The molecule has 0 spiro atoms. The van der Waals surface area contributed by atoms with Crippen molar-refractivity contribution in [1.82, 2.24) is 24.7 Å². The molecule has 4 aromatic rings. The molecule has 170 valence electrons. The van der Waals surface area contributed by atoms with E-state index in [1.165, 1.54) is 16.9 Å². The zero-order valence-electron chi connectivity index (χ0n) is 17.5. The molecule has 3 aromatic heterocycles. The van der Waals surface area contributed by atoms with Crippen LogP contribution in [0.3, 0.4) is 0 Å². The van der Waals surface area contributed by atoms with Crippen molar-refractivity contribution in [3.05, 3.63) is 85.1 Å². The average Bonchev–Trinajstić information content (AvgIpc) is 3.45. The summed E-state index contributed by atoms with van der Waals surface area (Å²) in [6.45, 7) is 3.86. The molecule has 0 saturated carbocycles. The van der Waals surface area contributed by atoms with Gasteiger partial charge in [-0.2, -0.15) is 9.78 Å². The SMILES string of the molecule is Cc1onc(C(=O)Nc2cnn(Cc3ccc(Cl)c(Cl)c3)c2)c1Cn1nc([N+](=O)[O-])cc1C. The summed E-state index contributed by atoms with van der Waals surface area (Å²) < 4.78 is 8.25. The van der Waals surface area contributed by atoms with Crippen LogP contribution in [-0.2, 0) is 13.1 Å². The molecule has 0 radical (unpaired) electrons. The van der Waals surface area contributed by atoms with Crippen molar-refractivity contribution in [1.29, 1.82) is 0 Å². The van der Waals surface area contributed by atoms with Crippen molar-refractivity contribution in [3.63, 3.8) is 0 Å². The summed E-state index contributed by atoms with van der Waals surface area (Å²) in [6, 6.07) is 6.64. The molecule has 1 aromatic carbocycles. The fourth-order valence-electron chi connectivity index (χ4n) is 3.18. The molecule has 0 aliphatic carbocycles. The number of carbonyl (C=O) groups is 1. The lowest BCUT2D eigenvalue weighted by Gasteiger charge is -2.04. The second-order valence-electron chi connectivity index (χ2n) is 7.25. The van der Waals surface area contributed by atoms with E-state index in [1.54, 1.807) is 36.9 Å². The maximum atomic E-state index is 12.8. The number of nitrogens with one attached hydrogen (secondary N) is 1. The van der Waals surface area contributed by atoms with Crippen LogP contribution in [0.5, 0.6) is 0 Å². The predicted octanol–water partition coefficient (Wildman–Crippen LogP) is 4.25. The summed E-state index contributed by atoms with van der Waals surface area (Å²) >= 11 is 12.0. The third-order valence-electron chi connectivity index (χ3n) is 4.88. The maximum absolute atomic E-state index is 12.8. The number of carbonyl (C=O) groups excluding carboxylic acids is 1. The van der Waals surface area contributed by atoms with Gasteiger partial charge in [-0.05, 0) is 36.5 Å². The second kappa shape index (κ2) is 9.04. The lowest BCUT2D eigenvalue weighted by Crippen LogP contribution is -2.16. The van der Waals surface area contributed by atoms with Gasteiger partial charge in [-0.15, -0.1) is 0 Å². The molecule has 13 heteroatoms. The summed E-state index contributed by atoms with van der Waals surface area (Å²) in [6.07, 6.45) is 3.16. The minimum Gasteiger partial charge on any atom is -0.361 e. The number of nitro groups is 1. The van der Waals surface area contributed by atoms with Crippen LogP contribution >= 0.6 is 23.2 Å². The van der Waals surface area contributed by atoms with E-state index in [1.807, 2.05) is 6.07 Å². The normalized spacial score (nSPS) is 11.0. The van der Waals surface area contributed by atoms with Crippen molar-refractivity contribution in [2.75, 3.05) is 5.32 Å². The fraction of sp³-hybridized carbons (Fsp3) is 0.200. The lowest BCUT2D eigenvalue weighted by molar-refractivity contribution is -0.389. The number of amides is 1. The Labute approximate surface area is 197 Å². The lowest BCUT2D eigenvalue weighted by atomic mass is 10.2. The number of halogens is 2. The Hall–Kier alpha value is -3.70. The summed E-state index contributed by atoms with van der Waals surface area (Å²) in [7, 11) is 0. The molecule has 0 saturated heterocycles. The quantitative estimate of drug-likeness (QED) is 0.302. The van der Waals surface area contributed by atoms with E-state index in [0.29, 0.717) is 39.3 Å². The van der Waals surface area contributed by atoms with Crippen LogP contribution in [0.25, 0.3) is 0 Å². The van der Waals surface area contributed by atoms with Gasteiger partial charge in [0, 0.05) is 6.20 Å². The number of benzene rings is 1. The van der Waals surface area contributed by atoms with Gasteiger partial charge < -0.3 is 20.0 Å². The van der Waals surface area contributed by atoms with Gasteiger partial charge in [0.25, 0.3) is 5.91 Å². The molecule has 0 fully saturated rings. The highest BCUT2D eigenvalue weighted by atomic mass is 35.5. The van der Waals surface area contributed by atoms with E-state index in [0.717, 1.165) is 5.56 Å². The van der Waals surface area contributed by atoms with Crippen LogP contribution in [0.1, 0.15) is 33.1 Å². The summed E-state index contributed by atoms with van der Waals surface area (Å²) in [5.41, 5.74) is 2.44. The monoisotopic (exact) mass is 489 g/mol. The van der Waals surface area contributed by atoms with Gasteiger partial charge in [-0.3, -0.25) is 9.48 Å². The van der Waals surface area contributed by atoms with E-state index in [-0.39, 0.29) is 18.1 Å². The molecule has 0 aliphatic rings. The topological polar surface area (TPSA) is 134 Å². The van der Waals surface area contributed by atoms with Gasteiger partial charge in [0.05, 0.1) is 57.4 Å². The van der Waals surface area contributed by atoms with Gasteiger partial charge in [0.15, 0.2) is 5.69 Å². The van der Waals surface area contributed by atoms with Crippen LogP contribution in [-0.4, -0.2) is 35.5 Å². The first-order chi connectivity index (χ1) is 15.7. The highest BCUT2D eigenvalue weighted by Gasteiger charge is 2.24. The van der Waals surface area contributed by atoms with E-state index >= 15 is 0 Å². The number of nitrogens with zero attached hydrogens (tertiary/aromatic N) is 6. The molecule has 0 aliphatic heterocycles. The molecule has 3 heterocycles. The highest BCUT2D eigenvalue weighted by molar-refractivity contribution is 6.42. The van der Waals surface area contributed by atoms with Gasteiger partial charge in [0.1, 0.15) is 5.76 Å². The van der Waals surface area contributed by atoms with Crippen LogP contribution in [0.15, 0.2) is 41.2 Å². The number of hydrogen-bond donors (Lipinski definition) is 1. The molecule has 0 bridgehead atoms. The minimum atomic E-state index is -0.576.